The number of ether oxygens (including phenoxy) is 1. The summed E-state index contributed by atoms with van der Waals surface area (Å²) in [5, 5.41) is 0.925. The number of hydrogen-bond donors (Lipinski definition) is 0. The predicted molar refractivity (Wildman–Crippen MR) is 111 cm³/mol. The fourth-order valence-electron chi connectivity index (χ4n) is 3.77. The first-order valence-electron chi connectivity index (χ1n) is 9.73. The number of carbonyl (C=O) groups is 1. The van der Waals surface area contributed by atoms with Gasteiger partial charge < -0.3 is 9.64 Å². The molecule has 1 aliphatic heterocycles. The van der Waals surface area contributed by atoms with Crippen LogP contribution in [0.2, 0.25) is 0 Å². The van der Waals surface area contributed by atoms with Gasteiger partial charge >= 0.3 is 0 Å². The van der Waals surface area contributed by atoms with Crippen LogP contribution >= 0.6 is 0 Å². The molecule has 5 heteroatoms. The van der Waals surface area contributed by atoms with Crippen molar-refractivity contribution in [3.63, 3.8) is 0 Å². The Morgan fingerprint density at radius 2 is 1.82 bits per heavy atom. The molecule has 1 saturated heterocycles. The predicted octanol–water partition coefficient (Wildman–Crippen LogP) is 3.59. The zero-order valence-electron chi connectivity index (χ0n) is 16.2. The molecule has 4 rings (SSSR count). The van der Waals surface area contributed by atoms with Crippen molar-refractivity contribution in [2.45, 2.75) is 13.0 Å². The van der Waals surface area contributed by atoms with Gasteiger partial charge in [0.1, 0.15) is 5.75 Å². The maximum atomic E-state index is 13.2. The molecule has 144 valence electrons. The Hall–Kier alpha value is -2.92. The molecule has 0 aliphatic carbocycles. The number of hydrogen-bond acceptors (Lipinski definition) is 4. The molecule has 1 fully saturated rings. The number of nitrogens with zero attached hydrogens (tertiary/aromatic N) is 3. The van der Waals surface area contributed by atoms with Crippen LogP contribution in [0.3, 0.4) is 0 Å². The molecule has 1 amide bonds. The van der Waals surface area contributed by atoms with Gasteiger partial charge in [-0.05, 0) is 36.2 Å². The summed E-state index contributed by atoms with van der Waals surface area (Å²) in [6.07, 6.45) is 2.70. The maximum Gasteiger partial charge on any atom is 0.254 e. The molecule has 0 bridgehead atoms. The third kappa shape index (κ3) is 3.99. The van der Waals surface area contributed by atoms with Crippen LogP contribution in [0.15, 0.2) is 60.8 Å². The van der Waals surface area contributed by atoms with Crippen molar-refractivity contribution in [3.05, 3.63) is 71.9 Å². The molecule has 1 aliphatic rings. The second kappa shape index (κ2) is 8.40. The highest BCUT2D eigenvalue weighted by Crippen LogP contribution is 2.19. The van der Waals surface area contributed by atoms with Gasteiger partial charge in [-0.3, -0.25) is 14.7 Å². The van der Waals surface area contributed by atoms with E-state index in [0.29, 0.717) is 0 Å². The number of benzene rings is 2. The quantitative estimate of drug-likeness (QED) is 0.699. The van der Waals surface area contributed by atoms with E-state index < -0.39 is 0 Å². The Morgan fingerprint density at radius 3 is 2.64 bits per heavy atom. The molecule has 0 spiro atoms. The molecular weight excluding hydrogens is 350 g/mol. The highest BCUT2D eigenvalue weighted by Gasteiger charge is 2.21. The van der Waals surface area contributed by atoms with E-state index >= 15 is 0 Å². The van der Waals surface area contributed by atoms with Gasteiger partial charge in [0.15, 0.2) is 0 Å². The first-order chi connectivity index (χ1) is 13.7. The zero-order chi connectivity index (χ0) is 19.3. The summed E-state index contributed by atoms with van der Waals surface area (Å²) in [6, 6.07) is 17.9. The summed E-state index contributed by atoms with van der Waals surface area (Å²) in [5.41, 5.74) is 2.87. The number of amides is 1. The van der Waals surface area contributed by atoms with Crippen LogP contribution in [0, 0.1) is 0 Å². The summed E-state index contributed by atoms with van der Waals surface area (Å²) in [7, 11) is 1.68. The van der Waals surface area contributed by atoms with E-state index in [4.69, 9.17) is 4.74 Å². The Balaban J connectivity index is 1.43. The second-order valence-corrected chi connectivity index (χ2v) is 7.15. The maximum absolute atomic E-state index is 13.2. The van der Waals surface area contributed by atoms with Gasteiger partial charge in [0.05, 0.1) is 18.2 Å². The van der Waals surface area contributed by atoms with Gasteiger partial charge in [-0.25, -0.2) is 0 Å². The third-order valence-electron chi connectivity index (χ3n) is 5.32. The van der Waals surface area contributed by atoms with Crippen LogP contribution in [-0.4, -0.2) is 54.0 Å². The molecular formula is C23H25N3O2. The van der Waals surface area contributed by atoms with Crippen molar-refractivity contribution in [3.8, 4) is 5.75 Å². The molecule has 1 aromatic heterocycles. The van der Waals surface area contributed by atoms with Gasteiger partial charge in [0.2, 0.25) is 0 Å². The van der Waals surface area contributed by atoms with Gasteiger partial charge in [0.25, 0.3) is 5.91 Å². The van der Waals surface area contributed by atoms with Crippen molar-refractivity contribution >= 4 is 16.8 Å². The number of pyridine rings is 1. The van der Waals surface area contributed by atoms with E-state index in [-0.39, 0.29) is 5.91 Å². The minimum atomic E-state index is 0.102. The standard InChI is InChI=1S/C23H25N3O2/c1-28-19-9-7-18(8-10-19)17-25-13-4-14-26(16-15-25)23(27)21-11-12-24-22-6-3-2-5-20(21)22/h2-3,5-12H,4,13-17H2,1H3. The highest BCUT2D eigenvalue weighted by atomic mass is 16.5. The molecule has 5 nitrogen and oxygen atoms in total. The van der Waals surface area contributed by atoms with Crippen LogP contribution < -0.4 is 4.74 Å². The molecule has 0 N–H and O–H groups in total. The smallest absolute Gasteiger partial charge is 0.254 e. The van der Waals surface area contributed by atoms with E-state index in [1.807, 2.05) is 47.4 Å². The number of carbonyl (C=O) groups excluding carboxylic acids is 1. The van der Waals surface area contributed by atoms with Crippen LogP contribution in [0.5, 0.6) is 5.75 Å². The fraction of sp³-hybridized carbons (Fsp3) is 0.304. The second-order valence-electron chi connectivity index (χ2n) is 7.15. The van der Waals surface area contributed by atoms with Crippen LogP contribution in [0.25, 0.3) is 10.9 Å². The van der Waals surface area contributed by atoms with Crippen LogP contribution in [0.1, 0.15) is 22.3 Å². The minimum Gasteiger partial charge on any atom is -0.497 e. The molecule has 3 aromatic rings. The van der Waals surface area contributed by atoms with E-state index in [2.05, 4.69) is 22.0 Å². The van der Waals surface area contributed by atoms with E-state index in [1.54, 1.807) is 13.3 Å². The fourth-order valence-corrected chi connectivity index (χ4v) is 3.77. The number of fused-ring (bicyclic) bond motifs is 1. The minimum absolute atomic E-state index is 0.102. The van der Waals surface area contributed by atoms with Crippen molar-refractivity contribution < 1.29 is 9.53 Å². The van der Waals surface area contributed by atoms with E-state index in [0.717, 1.165) is 61.4 Å². The third-order valence-corrected chi connectivity index (χ3v) is 5.32. The lowest BCUT2D eigenvalue weighted by Crippen LogP contribution is -2.35. The molecule has 28 heavy (non-hydrogen) atoms. The summed E-state index contributed by atoms with van der Waals surface area (Å²) >= 11 is 0. The van der Waals surface area contributed by atoms with E-state index in [9.17, 15) is 4.79 Å². The molecule has 0 atom stereocenters. The largest absolute Gasteiger partial charge is 0.497 e. The van der Waals surface area contributed by atoms with Crippen molar-refractivity contribution in [1.29, 1.82) is 0 Å². The van der Waals surface area contributed by atoms with Gasteiger partial charge in [0, 0.05) is 44.3 Å². The lowest BCUT2D eigenvalue weighted by molar-refractivity contribution is 0.0763. The molecule has 2 heterocycles. The summed E-state index contributed by atoms with van der Waals surface area (Å²) < 4.78 is 5.23. The van der Waals surface area contributed by atoms with Gasteiger partial charge in [-0.2, -0.15) is 0 Å². The topological polar surface area (TPSA) is 45.7 Å². The molecule has 0 saturated carbocycles. The molecule has 0 unspecified atom stereocenters. The number of methoxy groups -OCH3 is 1. The average Bonchev–Trinajstić information content (AvgIpc) is 2.99. The SMILES string of the molecule is COc1ccc(CN2CCCN(C(=O)c3ccnc4ccccc34)CC2)cc1. The summed E-state index contributed by atoms with van der Waals surface area (Å²) in [4.78, 5) is 21.9. The highest BCUT2D eigenvalue weighted by molar-refractivity contribution is 6.05. The Labute approximate surface area is 165 Å². The summed E-state index contributed by atoms with van der Waals surface area (Å²) in [6.45, 7) is 4.29. The van der Waals surface area contributed by atoms with E-state index in [1.165, 1.54) is 5.56 Å². The summed E-state index contributed by atoms with van der Waals surface area (Å²) in [5.74, 6) is 0.978. The normalized spacial score (nSPS) is 15.4. The van der Waals surface area contributed by atoms with Crippen molar-refractivity contribution in [1.82, 2.24) is 14.8 Å². The lowest BCUT2D eigenvalue weighted by Gasteiger charge is -2.22. The Morgan fingerprint density at radius 1 is 1.00 bits per heavy atom. The molecule has 2 aromatic carbocycles. The monoisotopic (exact) mass is 375 g/mol. The lowest BCUT2D eigenvalue weighted by atomic mass is 10.1. The molecule has 0 radical (unpaired) electrons. The number of aromatic nitrogens is 1. The van der Waals surface area contributed by atoms with Crippen molar-refractivity contribution in [2.75, 3.05) is 33.3 Å². The van der Waals surface area contributed by atoms with Gasteiger partial charge in [-0.15, -0.1) is 0 Å². The first kappa shape index (κ1) is 18.4. The Bertz CT molecular complexity index is 950. The Kier molecular flexibility index (Phi) is 5.53. The van der Waals surface area contributed by atoms with Crippen molar-refractivity contribution in [2.24, 2.45) is 0 Å². The average molecular weight is 375 g/mol. The van der Waals surface area contributed by atoms with Gasteiger partial charge in [-0.1, -0.05) is 30.3 Å². The first-order valence-corrected chi connectivity index (χ1v) is 9.73. The number of para-hydroxylation sites is 1. The van der Waals surface area contributed by atoms with Crippen LogP contribution in [0.4, 0.5) is 0 Å². The van der Waals surface area contributed by atoms with Crippen LogP contribution in [-0.2, 0) is 6.54 Å². The zero-order valence-corrected chi connectivity index (χ0v) is 16.2. The number of rotatable bonds is 4.